The molecular formula is C23H29N5O2. The van der Waals surface area contributed by atoms with Crippen LogP contribution < -0.4 is 5.56 Å². The zero-order valence-corrected chi connectivity index (χ0v) is 18.1. The van der Waals surface area contributed by atoms with Gasteiger partial charge in [-0.05, 0) is 43.9 Å². The van der Waals surface area contributed by atoms with Crippen molar-refractivity contribution in [1.29, 1.82) is 0 Å². The van der Waals surface area contributed by atoms with Gasteiger partial charge in [-0.3, -0.25) is 14.2 Å². The summed E-state index contributed by atoms with van der Waals surface area (Å²) in [5, 5.41) is 0. The number of H-pyrrole nitrogens is 1. The monoisotopic (exact) mass is 407 g/mol. The molecule has 0 atom stereocenters. The van der Waals surface area contributed by atoms with Gasteiger partial charge >= 0.3 is 0 Å². The average molecular weight is 408 g/mol. The Morgan fingerprint density at radius 2 is 1.93 bits per heavy atom. The Bertz CT molecular complexity index is 1130. The molecule has 4 rings (SSSR count). The molecule has 0 aliphatic carbocycles. The first-order valence-electron chi connectivity index (χ1n) is 10.5. The molecule has 7 heteroatoms. The summed E-state index contributed by atoms with van der Waals surface area (Å²) in [6, 6.07) is 7.26. The number of hydrogen-bond acceptors (Lipinski definition) is 4. The van der Waals surface area contributed by atoms with E-state index in [1.54, 1.807) is 17.0 Å². The van der Waals surface area contributed by atoms with Gasteiger partial charge < -0.3 is 9.88 Å². The van der Waals surface area contributed by atoms with Crippen LogP contribution in [0.5, 0.6) is 0 Å². The number of aryl methyl sites for hydroxylation is 1. The smallest absolute Gasteiger partial charge is 0.253 e. The summed E-state index contributed by atoms with van der Waals surface area (Å²) >= 11 is 0. The molecular weight excluding hydrogens is 378 g/mol. The van der Waals surface area contributed by atoms with Gasteiger partial charge in [-0.1, -0.05) is 20.8 Å². The first-order valence-corrected chi connectivity index (χ1v) is 10.5. The van der Waals surface area contributed by atoms with Crippen LogP contribution in [-0.4, -0.2) is 43.4 Å². The van der Waals surface area contributed by atoms with Gasteiger partial charge in [0.25, 0.3) is 11.5 Å². The summed E-state index contributed by atoms with van der Waals surface area (Å²) in [4.78, 5) is 39.4. The summed E-state index contributed by atoms with van der Waals surface area (Å²) in [5.74, 6) is 1.26. The number of rotatable bonds is 3. The minimum absolute atomic E-state index is 0.00316. The molecule has 7 nitrogen and oxygen atoms in total. The standard InChI is InChI=1S/C23H29N5O2/c1-15-25-18-6-5-17(11-19(18)26-15)22(30)27-9-7-16(8-10-27)13-28-14-24-20(12-21(28)29)23(2,3)4/h5-6,11-12,14,16H,7-10,13H2,1-4H3,(H,25,26). The van der Waals surface area contributed by atoms with Crippen molar-refractivity contribution in [3.05, 3.63) is 58.0 Å². The van der Waals surface area contributed by atoms with E-state index in [9.17, 15) is 9.59 Å². The third-order valence-corrected chi connectivity index (χ3v) is 5.85. The van der Waals surface area contributed by atoms with Gasteiger partial charge in [-0.15, -0.1) is 0 Å². The van der Waals surface area contributed by atoms with Crippen LogP contribution in [0.1, 0.15) is 55.5 Å². The number of imidazole rings is 1. The van der Waals surface area contributed by atoms with Crippen LogP contribution in [0.3, 0.4) is 0 Å². The third kappa shape index (κ3) is 4.15. The fraction of sp³-hybridized carbons (Fsp3) is 0.478. The van der Waals surface area contributed by atoms with E-state index in [1.807, 2.05) is 30.0 Å². The molecule has 1 aliphatic heterocycles. The number of hydrogen-bond donors (Lipinski definition) is 1. The van der Waals surface area contributed by atoms with E-state index < -0.39 is 0 Å². The Balaban J connectivity index is 1.38. The largest absolute Gasteiger partial charge is 0.342 e. The summed E-state index contributed by atoms with van der Waals surface area (Å²) in [5.41, 5.74) is 3.12. The Morgan fingerprint density at radius 1 is 1.20 bits per heavy atom. The van der Waals surface area contributed by atoms with Crippen LogP contribution >= 0.6 is 0 Å². The maximum atomic E-state index is 12.9. The number of carbonyl (C=O) groups excluding carboxylic acids is 1. The van der Waals surface area contributed by atoms with E-state index in [-0.39, 0.29) is 16.9 Å². The maximum Gasteiger partial charge on any atom is 0.253 e. The normalized spacial score (nSPS) is 15.7. The predicted molar refractivity (Wildman–Crippen MR) is 117 cm³/mol. The number of fused-ring (bicyclic) bond motifs is 1. The molecule has 1 saturated heterocycles. The number of nitrogens with zero attached hydrogens (tertiary/aromatic N) is 4. The van der Waals surface area contributed by atoms with Crippen molar-refractivity contribution >= 4 is 16.9 Å². The second-order valence-corrected chi connectivity index (χ2v) is 9.30. The highest BCUT2D eigenvalue weighted by molar-refractivity contribution is 5.97. The van der Waals surface area contributed by atoms with E-state index >= 15 is 0 Å². The van der Waals surface area contributed by atoms with Gasteiger partial charge in [0, 0.05) is 36.7 Å². The molecule has 3 heterocycles. The van der Waals surface area contributed by atoms with Crippen LogP contribution in [0.2, 0.25) is 0 Å². The molecule has 0 radical (unpaired) electrons. The number of benzene rings is 1. The van der Waals surface area contributed by atoms with Crippen molar-refractivity contribution in [2.75, 3.05) is 13.1 Å². The minimum Gasteiger partial charge on any atom is -0.342 e. The molecule has 1 N–H and O–H groups in total. The van der Waals surface area contributed by atoms with Crippen molar-refractivity contribution in [3.63, 3.8) is 0 Å². The molecule has 1 aliphatic rings. The van der Waals surface area contributed by atoms with E-state index in [0.717, 1.165) is 35.4 Å². The zero-order chi connectivity index (χ0) is 21.5. The van der Waals surface area contributed by atoms with Crippen molar-refractivity contribution in [2.45, 2.75) is 52.5 Å². The first kappa shape index (κ1) is 20.3. The van der Waals surface area contributed by atoms with Gasteiger partial charge in [-0.25, -0.2) is 9.97 Å². The molecule has 0 bridgehead atoms. The van der Waals surface area contributed by atoms with Crippen molar-refractivity contribution < 1.29 is 4.79 Å². The Labute approximate surface area is 176 Å². The third-order valence-electron chi connectivity index (χ3n) is 5.85. The maximum absolute atomic E-state index is 12.9. The SMILES string of the molecule is Cc1nc2ccc(C(=O)N3CCC(Cn4cnc(C(C)(C)C)cc4=O)CC3)cc2[nH]1. The molecule has 1 aromatic carbocycles. The topological polar surface area (TPSA) is 83.9 Å². The van der Waals surface area contributed by atoms with E-state index in [0.29, 0.717) is 31.1 Å². The number of aromatic nitrogens is 4. The fourth-order valence-electron chi connectivity index (χ4n) is 4.02. The van der Waals surface area contributed by atoms with Crippen LogP contribution in [0.15, 0.2) is 35.4 Å². The van der Waals surface area contributed by atoms with Gasteiger partial charge in [0.15, 0.2) is 0 Å². The molecule has 30 heavy (non-hydrogen) atoms. The number of piperidine rings is 1. The Hall–Kier alpha value is -2.96. The van der Waals surface area contributed by atoms with Crippen molar-refractivity contribution in [2.24, 2.45) is 5.92 Å². The lowest BCUT2D eigenvalue weighted by atomic mass is 9.92. The highest BCUT2D eigenvalue weighted by Crippen LogP contribution is 2.22. The lowest BCUT2D eigenvalue weighted by Crippen LogP contribution is -2.40. The van der Waals surface area contributed by atoms with E-state index in [4.69, 9.17) is 0 Å². The van der Waals surface area contributed by atoms with Crippen molar-refractivity contribution in [1.82, 2.24) is 24.4 Å². The molecule has 3 aromatic rings. The summed E-state index contributed by atoms with van der Waals surface area (Å²) < 4.78 is 1.70. The predicted octanol–water partition coefficient (Wildman–Crippen LogP) is 3.28. The lowest BCUT2D eigenvalue weighted by Gasteiger charge is -2.32. The van der Waals surface area contributed by atoms with E-state index in [1.165, 1.54) is 0 Å². The number of nitrogens with one attached hydrogen (secondary N) is 1. The zero-order valence-electron chi connectivity index (χ0n) is 18.1. The van der Waals surface area contributed by atoms with Crippen molar-refractivity contribution in [3.8, 4) is 0 Å². The quantitative estimate of drug-likeness (QED) is 0.722. The molecule has 0 spiro atoms. The number of carbonyl (C=O) groups is 1. The van der Waals surface area contributed by atoms with Gasteiger partial charge in [0.2, 0.25) is 0 Å². The van der Waals surface area contributed by atoms with Gasteiger partial charge in [0.05, 0.1) is 23.1 Å². The molecule has 1 amide bonds. The molecule has 1 fully saturated rings. The summed E-state index contributed by atoms with van der Waals surface area (Å²) in [6.45, 7) is 10.1. The Morgan fingerprint density at radius 3 is 2.60 bits per heavy atom. The highest BCUT2D eigenvalue weighted by Gasteiger charge is 2.25. The Kier molecular flexibility index (Phi) is 5.22. The van der Waals surface area contributed by atoms with Crippen LogP contribution in [0, 0.1) is 12.8 Å². The molecule has 2 aromatic heterocycles. The number of aromatic amines is 1. The molecule has 158 valence electrons. The van der Waals surface area contributed by atoms with Crippen LogP contribution in [0.4, 0.5) is 0 Å². The lowest BCUT2D eigenvalue weighted by molar-refractivity contribution is 0.0682. The highest BCUT2D eigenvalue weighted by atomic mass is 16.2. The first-order chi connectivity index (χ1) is 14.2. The second kappa shape index (κ2) is 7.70. The summed E-state index contributed by atoms with van der Waals surface area (Å²) in [6.07, 6.45) is 3.43. The summed E-state index contributed by atoms with van der Waals surface area (Å²) in [7, 11) is 0. The van der Waals surface area contributed by atoms with Gasteiger partial charge in [-0.2, -0.15) is 0 Å². The number of amides is 1. The fourth-order valence-corrected chi connectivity index (χ4v) is 4.02. The van der Waals surface area contributed by atoms with Crippen LogP contribution in [-0.2, 0) is 12.0 Å². The molecule has 0 unspecified atom stereocenters. The second-order valence-electron chi connectivity index (χ2n) is 9.30. The minimum atomic E-state index is -0.137. The van der Waals surface area contributed by atoms with Crippen LogP contribution in [0.25, 0.3) is 11.0 Å². The van der Waals surface area contributed by atoms with Gasteiger partial charge in [0.1, 0.15) is 5.82 Å². The van der Waals surface area contributed by atoms with E-state index in [2.05, 4.69) is 35.7 Å². The molecule has 0 saturated carbocycles. The average Bonchev–Trinajstić information content (AvgIpc) is 3.08. The number of likely N-dealkylation sites (tertiary alicyclic amines) is 1.